The van der Waals surface area contributed by atoms with E-state index in [9.17, 15) is 0 Å². The van der Waals surface area contributed by atoms with Gasteiger partial charge in [0.25, 0.3) is 0 Å². The molecule has 2 aromatic heterocycles. The molecule has 21 heavy (non-hydrogen) atoms. The molecule has 108 valence electrons. The molecule has 2 N–H and O–H groups in total. The predicted octanol–water partition coefficient (Wildman–Crippen LogP) is 2.76. The minimum Gasteiger partial charge on any atom is -0.333 e. The van der Waals surface area contributed by atoms with Gasteiger partial charge in [-0.3, -0.25) is 4.98 Å². The molecular formula is C17H20N4. The number of hydrogen-bond donors (Lipinski definition) is 1. The van der Waals surface area contributed by atoms with E-state index in [0.717, 1.165) is 30.6 Å². The number of aromatic nitrogens is 3. The first-order valence-corrected chi connectivity index (χ1v) is 7.35. The van der Waals surface area contributed by atoms with Crippen LogP contribution in [0.1, 0.15) is 24.6 Å². The van der Waals surface area contributed by atoms with Gasteiger partial charge in [-0.15, -0.1) is 0 Å². The maximum atomic E-state index is 5.98. The van der Waals surface area contributed by atoms with Gasteiger partial charge in [-0.25, -0.2) is 4.98 Å². The van der Waals surface area contributed by atoms with Crippen molar-refractivity contribution in [3.05, 3.63) is 60.3 Å². The lowest BCUT2D eigenvalue weighted by Gasteiger charge is -2.07. The van der Waals surface area contributed by atoms with Gasteiger partial charge in [0, 0.05) is 36.8 Å². The van der Waals surface area contributed by atoms with Crippen LogP contribution in [-0.2, 0) is 13.0 Å². The summed E-state index contributed by atoms with van der Waals surface area (Å²) in [6.07, 6.45) is 7.64. The number of benzene rings is 1. The molecular weight excluding hydrogens is 260 g/mol. The van der Waals surface area contributed by atoms with E-state index in [1.54, 1.807) is 0 Å². The number of nitrogens with two attached hydrogens (primary N) is 1. The number of pyridine rings is 1. The maximum absolute atomic E-state index is 5.98. The third-order valence-electron chi connectivity index (χ3n) is 3.77. The van der Waals surface area contributed by atoms with Crippen LogP contribution in [0.25, 0.3) is 10.9 Å². The first-order valence-electron chi connectivity index (χ1n) is 7.35. The highest BCUT2D eigenvalue weighted by molar-refractivity contribution is 5.81. The van der Waals surface area contributed by atoms with Gasteiger partial charge in [0.1, 0.15) is 0 Å². The largest absolute Gasteiger partial charge is 0.333 e. The second-order valence-corrected chi connectivity index (χ2v) is 5.40. The zero-order valence-electron chi connectivity index (χ0n) is 12.2. The second-order valence-electron chi connectivity index (χ2n) is 5.40. The van der Waals surface area contributed by atoms with Gasteiger partial charge in [-0.2, -0.15) is 0 Å². The normalized spacial score (nSPS) is 12.7. The molecule has 3 rings (SSSR count). The van der Waals surface area contributed by atoms with Crippen LogP contribution < -0.4 is 5.73 Å². The van der Waals surface area contributed by atoms with Crippen LogP contribution in [0, 0.1) is 0 Å². The minimum atomic E-state index is 0.190. The number of imidazole rings is 1. The van der Waals surface area contributed by atoms with E-state index in [4.69, 9.17) is 5.73 Å². The average Bonchev–Trinajstić information content (AvgIpc) is 2.94. The number of nitrogens with zero attached hydrogens (tertiary/aromatic N) is 3. The van der Waals surface area contributed by atoms with E-state index in [1.807, 2.05) is 30.7 Å². The number of rotatable bonds is 5. The zero-order valence-corrected chi connectivity index (χ0v) is 12.2. The molecule has 0 aliphatic rings. The Labute approximate surface area is 124 Å². The smallest absolute Gasteiger partial charge is 0.0952 e. The Balaban J connectivity index is 1.82. The highest BCUT2D eigenvalue weighted by atomic mass is 15.0. The summed E-state index contributed by atoms with van der Waals surface area (Å²) in [6, 6.07) is 10.5. The topological polar surface area (TPSA) is 56.7 Å². The highest BCUT2D eigenvalue weighted by Gasteiger charge is 2.06. The van der Waals surface area contributed by atoms with Crippen molar-refractivity contribution in [1.82, 2.24) is 14.5 Å². The molecule has 2 heterocycles. The number of hydrogen-bond acceptors (Lipinski definition) is 3. The summed E-state index contributed by atoms with van der Waals surface area (Å²) in [6.45, 7) is 2.90. The van der Waals surface area contributed by atoms with Crippen LogP contribution >= 0.6 is 0 Å². The second kappa shape index (κ2) is 6.06. The summed E-state index contributed by atoms with van der Waals surface area (Å²) in [5.41, 5.74) is 9.33. The quantitative estimate of drug-likeness (QED) is 0.782. The molecule has 1 aromatic carbocycles. The molecule has 0 aliphatic heterocycles. The van der Waals surface area contributed by atoms with E-state index in [2.05, 4.69) is 39.8 Å². The van der Waals surface area contributed by atoms with Crippen LogP contribution in [0.3, 0.4) is 0 Å². The van der Waals surface area contributed by atoms with E-state index < -0.39 is 0 Å². The maximum Gasteiger partial charge on any atom is 0.0952 e. The lowest BCUT2D eigenvalue weighted by atomic mass is 10.1. The average molecular weight is 280 g/mol. The van der Waals surface area contributed by atoms with Crippen molar-refractivity contribution in [2.24, 2.45) is 5.73 Å². The summed E-state index contributed by atoms with van der Waals surface area (Å²) in [7, 11) is 0. The fourth-order valence-electron chi connectivity index (χ4n) is 2.50. The number of fused-ring (bicyclic) bond motifs is 1. The molecule has 0 radical (unpaired) electrons. The standard InChI is InChI=1S/C17H20N4/c1-2-14(18)9-15-11-21(12-20-15)10-13-7-8-19-17-6-4-3-5-16(13)17/h3-8,11-12,14H,2,9-10,18H2,1H3. The molecule has 3 aromatic rings. The fraction of sp³-hybridized carbons (Fsp3) is 0.294. The molecule has 0 spiro atoms. The van der Waals surface area contributed by atoms with Crippen molar-refractivity contribution in [2.45, 2.75) is 32.4 Å². The summed E-state index contributed by atoms with van der Waals surface area (Å²) in [4.78, 5) is 8.85. The van der Waals surface area contributed by atoms with Gasteiger partial charge < -0.3 is 10.3 Å². The van der Waals surface area contributed by atoms with Crippen LogP contribution in [-0.4, -0.2) is 20.6 Å². The van der Waals surface area contributed by atoms with Gasteiger partial charge in [-0.1, -0.05) is 25.1 Å². The van der Waals surface area contributed by atoms with Crippen molar-refractivity contribution in [3.8, 4) is 0 Å². The summed E-state index contributed by atoms with van der Waals surface area (Å²) >= 11 is 0. The molecule has 0 aliphatic carbocycles. The molecule has 1 atom stereocenters. The summed E-state index contributed by atoms with van der Waals surface area (Å²) in [5.74, 6) is 0. The molecule has 0 fully saturated rings. The predicted molar refractivity (Wildman–Crippen MR) is 85.0 cm³/mol. The van der Waals surface area contributed by atoms with Crippen molar-refractivity contribution < 1.29 is 0 Å². The van der Waals surface area contributed by atoms with Crippen molar-refractivity contribution in [2.75, 3.05) is 0 Å². The van der Waals surface area contributed by atoms with Gasteiger partial charge in [-0.05, 0) is 24.1 Å². The lowest BCUT2D eigenvalue weighted by molar-refractivity contribution is 0.638. The Morgan fingerprint density at radius 3 is 2.90 bits per heavy atom. The van der Waals surface area contributed by atoms with Crippen LogP contribution in [0.2, 0.25) is 0 Å². The first kappa shape index (κ1) is 13.8. The van der Waals surface area contributed by atoms with E-state index in [1.165, 1.54) is 10.9 Å². The SMILES string of the molecule is CCC(N)Cc1cn(Cc2ccnc3ccccc23)cn1. The van der Waals surface area contributed by atoms with Crippen molar-refractivity contribution in [1.29, 1.82) is 0 Å². The van der Waals surface area contributed by atoms with Crippen LogP contribution in [0.4, 0.5) is 0 Å². The van der Waals surface area contributed by atoms with E-state index in [0.29, 0.717) is 0 Å². The zero-order chi connectivity index (χ0) is 14.7. The van der Waals surface area contributed by atoms with Gasteiger partial charge in [0.2, 0.25) is 0 Å². The Kier molecular flexibility index (Phi) is 3.97. The highest BCUT2D eigenvalue weighted by Crippen LogP contribution is 2.17. The number of para-hydroxylation sites is 1. The third kappa shape index (κ3) is 3.11. The molecule has 4 heteroatoms. The van der Waals surface area contributed by atoms with Crippen molar-refractivity contribution >= 4 is 10.9 Å². The Bertz CT molecular complexity index is 727. The molecule has 0 amide bonds. The van der Waals surface area contributed by atoms with Gasteiger partial charge >= 0.3 is 0 Å². The molecule has 0 saturated carbocycles. The van der Waals surface area contributed by atoms with Crippen LogP contribution in [0.15, 0.2) is 49.1 Å². The Morgan fingerprint density at radius 2 is 2.05 bits per heavy atom. The molecule has 0 bridgehead atoms. The third-order valence-corrected chi connectivity index (χ3v) is 3.77. The molecule has 1 unspecified atom stereocenters. The minimum absolute atomic E-state index is 0.190. The Morgan fingerprint density at radius 1 is 1.19 bits per heavy atom. The monoisotopic (exact) mass is 280 g/mol. The lowest BCUT2D eigenvalue weighted by Crippen LogP contribution is -2.21. The summed E-state index contributed by atoms with van der Waals surface area (Å²) in [5, 5.41) is 1.19. The summed E-state index contributed by atoms with van der Waals surface area (Å²) < 4.78 is 2.11. The van der Waals surface area contributed by atoms with Gasteiger partial charge in [0.05, 0.1) is 17.5 Å². The van der Waals surface area contributed by atoms with Crippen LogP contribution in [0.5, 0.6) is 0 Å². The first-order chi connectivity index (χ1) is 10.3. The molecule has 4 nitrogen and oxygen atoms in total. The Hall–Kier alpha value is -2.20. The van der Waals surface area contributed by atoms with E-state index >= 15 is 0 Å². The van der Waals surface area contributed by atoms with Gasteiger partial charge in [0.15, 0.2) is 0 Å². The fourth-order valence-corrected chi connectivity index (χ4v) is 2.50. The van der Waals surface area contributed by atoms with E-state index in [-0.39, 0.29) is 6.04 Å². The van der Waals surface area contributed by atoms with Crippen molar-refractivity contribution in [3.63, 3.8) is 0 Å². The molecule has 0 saturated heterocycles.